The van der Waals surface area contributed by atoms with Gasteiger partial charge in [-0.3, -0.25) is 4.79 Å². The van der Waals surface area contributed by atoms with Crippen molar-refractivity contribution in [1.82, 2.24) is 0 Å². The molecule has 1 rings (SSSR count). The second-order valence-electron chi connectivity index (χ2n) is 7.07. The Balaban J connectivity index is 3.60. The number of methoxy groups -OCH3 is 1. The fourth-order valence-electron chi connectivity index (χ4n) is 2.32. The highest BCUT2D eigenvalue weighted by atomic mass is 28.3. The van der Waals surface area contributed by atoms with Crippen molar-refractivity contribution in [3.8, 4) is 11.5 Å². The molecule has 0 aliphatic carbocycles. The molecule has 0 aliphatic rings. The molecular formula is C21H28O2Si. The van der Waals surface area contributed by atoms with Crippen LogP contribution in [0.4, 0.5) is 0 Å². The average molecular weight is 341 g/mol. The zero-order valence-corrected chi connectivity index (χ0v) is 16.9. The van der Waals surface area contributed by atoms with Gasteiger partial charge in [-0.15, -0.1) is 11.3 Å². The third kappa shape index (κ3) is 5.89. The zero-order chi connectivity index (χ0) is 18.3. The maximum absolute atomic E-state index is 12.2. The molecule has 0 bridgehead atoms. The van der Waals surface area contributed by atoms with Gasteiger partial charge in [0.05, 0.1) is 13.0 Å². The molecule has 0 N–H and O–H groups in total. The van der Waals surface area contributed by atoms with E-state index >= 15 is 0 Å². The zero-order valence-electron chi connectivity index (χ0n) is 15.9. The molecule has 1 aromatic carbocycles. The summed E-state index contributed by atoms with van der Waals surface area (Å²) in [5.74, 6) is 2.77. The number of esters is 1. The summed E-state index contributed by atoms with van der Waals surface area (Å²) in [5.41, 5.74) is 10.6. The lowest BCUT2D eigenvalue weighted by molar-refractivity contribution is -0.143. The lowest BCUT2D eigenvalue weighted by Crippen LogP contribution is -2.18. The van der Waals surface area contributed by atoms with Crippen LogP contribution in [0.3, 0.4) is 0 Å². The molecule has 128 valence electrons. The molecule has 0 spiro atoms. The Morgan fingerprint density at radius 2 is 1.83 bits per heavy atom. The molecule has 0 saturated carbocycles. The first-order valence-electron chi connectivity index (χ1n) is 8.34. The smallest absolute Gasteiger partial charge is 0.313 e. The summed E-state index contributed by atoms with van der Waals surface area (Å²) in [6.45, 7) is 12.6. The largest absolute Gasteiger partial charge is 0.469 e. The van der Waals surface area contributed by atoms with Crippen molar-refractivity contribution in [3.63, 3.8) is 0 Å². The molecule has 0 heterocycles. The van der Waals surface area contributed by atoms with Gasteiger partial charge in [0.25, 0.3) is 0 Å². The van der Waals surface area contributed by atoms with Crippen molar-refractivity contribution in [1.29, 1.82) is 0 Å². The molecule has 1 aromatic rings. The van der Waals surface area contributed by atoms with Crippen molar-refractivity contribution >= 4 is 19.6 Å². The maximum Gasteiger partial charge on any atom is 0.313 e. The van der Waals surface area contributed by atoms with Gasteiger partial charge >= 0.3 is 5.97 Å². The second-order valence-corrected chi connectivity index (χ2v) is 11.8. The number of ether oxygens (including phenoxy) is 1. The summed E-state index contributed by atoms with van der Waals surface area (Å²) < 4.78 is 5.00. The predicted molar refractivity (Wildman–Crippen MR) is 104 cm³/mol. The molecule has 24 heavy (non-hydrogen) atoms. The molecule has 0 saturated heterocycles. The number of hydrogen-bond donors (Lipinski definition) is 0. The summed E-state index contributed by atoms with van der Waals surface area (Å²) >= 11 is 0. The molecule has 0 aliphatic heterocycles. The molecule has 3 heteroatoms. The third-order valence-corrected chi connectivity index (χ3v) is 4.29. The number of rotatable bonds is 4. The topological polar surface area (TPSA) is 26.3 Å². The maximum atomic E-state index is 12.2. The second kappa shape index (κ2) is 8.73. The Morgan fingerprint density at radius 1 is 1.21 bits per heavy atom. The van der Waals surface area contributed by atoms with E-state index in [-0.39, 0.29) is 11.9 Å². The van der Waals surface area contributed by atoms with Crippen LogP contribution in [-0.4, -0.2) is 21.2 Å². The predicted octanol–water partition coefficient (Wildman–Crippen LogP) is 5.06. The third-order valence-electron chi connectivity index (χ3n) is 3.42. The molecule has 0 amide bonds. The number of benzene rings is 1. The summed E-state index contributed by atoms with van der Waals surface area (Å²) in [6.07, 6.45) is 0.665. The van der Waals surface area contributed by atoms with Crippen LogP contribution in [0.1, 0.15) is 38.3 Å². The molecule has 0 aromatic heterocycles. The van der Waals surface area contributed by atoms with Crippen LogP contribution in [0, 0.1) is 17.4 Å². The Bertz CT molecular complexity index is 716. The monoisotopic (exact) mass is 340 g/mol. The van der Waals surface area contributed by atoms with E-state index < -0.39 is 8.07 Å². The van der Waals surface area contributed by atoms with Crippen molar-refractivity contribution in [2.45, 2.75) is 46.8 Å². The van der Waals surface area contributed by atoms with Crippen LogP contribution in [0.25, 0.3) is 5.57 Å². The van der Waals surface area contributed by atoms with Crippen LogP contribution >= 0.6 is 0 Å². The Labute approximate surface area is 147 Å². The Kier molecular flexibility index (Phi) is 7.29. The van der Waals surface area contributed by atoms with Crippen LogP contribution in [0.2, 0.25) is 19.6 Å². The van der Waals surface area contributed by atoms with Gasteiger partial charge in [-0.25, -0.2) is 0 Å². The lowest BCUT2D eigenvalue weighted by atomic mass is 9.88. The van der Waals surface area contributed by atoms with Crippen molar-refractivity contribution in [2.75, 3.05) is 7.11 Å². The first-order chi connectivity index (χ1) is 11.2. The lowest BCUT2D eigenvalue weighted by Gasteiger charge is -2.17. The average Bonchev–Trinajstić information content (AvgIpc) is 2.51. The highest BCUT2D eigenvalue weighted by molar-refractivity contribution is 6.83. The molecule has 1 unspecified atom stereocenters. The van der Waals surface area contributed by atoms with Gasteiger partial charge in [0.1, 0.15) is 8.07 Å². The minimum atomic E-state index is -1.48. The quantitative estimate of drug-likeness (QED) is 0.331. The van der Waals surface area contributed by atoms with Crippen LogP contribution < -0.4 is 0 Å². The van der Waals surface area contributed by atoms with Gasteiger partial charge < -0.3 is 4.74 Å². The Hall–Kier alpha value is -2.01. The normalized spacial score (nSPS) is 11.6. The van der Waals surface area contributed by atoms with Gasteiger partial charge in [0, 0.05) is 16.7 Å². The first kappa shape index (κ1) is 20.0. The van der Waals surface area contributed by atoms with E-state index in [1.54, 1.807) is 0 Å². The van der Waals surface area contributed by atoms with Crippen molar-refractivity contribution in [3.05, 3.63) is 46.7 Å². The summed E-state index contributed by atoms with van der Waals surface area (Å²) in [7, 11) is -0.0489. The van der Waals surface area contributed by atoms with Gasteiger partial charge in [-0.05, 0) is 31.9 Å². The molecule has 0 radical (unpaired) electrons. The fraction of sp³-hybridized carbons (Fsp3) is 0.429. The number of hydrogen-bond acceptors (Lipinski definition) is 2. The van der Waals surface area contributed by atoms with Gasteiger partial charge in [0.15, 0.2) is 0 Å². The standard InChI is InChI=1S/C21H28O2Si/c1-8-18(21(22)23-4)20(15-16(2)3)19-12-10-9-11-17(19)13-14-24(5,6)7/h9-12,18H,8H2,1-7H3. The van der Waals surface area contributed by atoms with Gasteiger partial charge in [0.2, 0.25) is 0 Å². The van der Waals surface area contributed by atoms with Crippen LogP contribution in [0.15, 0.2) is 35.6 Å². The first-order valence-corrected chi connectivity index (χ1v) is 11.8. The van der Waals surface area contributed by atoms with E-state index in [9.17, 15) is 4.79 Å². The molecule has 2 nitrogen and oxygen atoms in total. The van der Waals surface area contributed by atoms with Crippen LogP contribution in [-0.2, 0) is 9.53 Å². The number of carbonyl (C=O) groups excluding carboxylic acids is 1. The summed E-state index contributed by atoms with van der Waals surface area (Å²) in [6, 6.07) is 7.99. The van der Waals surface area contributed by atoms with E-state index in [1.807, 2.05) is 45.0 Å². The van der Waals surface area contributed by atoms with Crippen molar-refractivity contribution in [2.24, 2.45) is 5.92 Å². The minimum Gasteiger partial charge on any atom is -0.469 e. The van der Waals surface area contributed by atoms with E-state index in [1.165, 1.54) is 7.11 Å². The van der Waals surface area contributed by atoms with Gasteiger partial charge in [-0.2, -0.15) is 0 Å². The summed E-state index contributed by atoms with van der Waals surface area (Å²) in [4.78, 5) is 12.2. The SMILES string of the molecule is CCC(C(=O)OC)C(=C=C(C)C)c1ccccc1C#C[Si](C)(C)C. The van der Waals surface area contributed by atoms with E-state index in [4.69, 9.17) is 4.74 Å². The number of carbonyl (C=O) groups is 1. The van der Waals surface area contributed by atoms with Crippen LogP contribution in [0.5, 0.6) is 0 Å². The highest BCUT2D eigenvalue weighted by Gasteiger charge is 2.24. The van der Waals surface area contributed by atoms with Crippen molar-refractivity contribution < 1.29 is 9.53 Å². The fourth-order valence-corrected chi connectivity index (χ4v) is 2.83. The summed E-state index contributed by atoms with van der Waals surface area (Å²) in [5, 5.41) is 0. The van der Waals surface area contributed by atoms with E-state index in [0.29, 0.717) is 6.42 Å². The Morgan fingerprint density at radius 3 is 2.33 bits per heavy atom. The van der Waals surface area contributed by atoms with E-state index in [2.05, 4.69) is 36.8 Å². The molecular weight excluding hydrogens is 312 g/mol. The molecule has 0 fully saturated rings. The minimum absolute atomic E-state index is 0.228. The van der Waals surface area contributed by atoms with Gasteiger partial charge in [-0.1, -0.05) is 50.7 Å². The highest BCUT2D eigenvalue weighted by Crippen LogP contribution is 2.29. The molecule has 1 atom stereocenters. The van der Waals surface area contributed by atoms with E-state index in [0.717, 1.165) is 22.3 Å².